The van der Waals surface area contributed by atoms with E-state index in [1.165, 1.54) is 5.48 Å². The Morgan fingerprint density at radius 1 is 1.23 bits per heavy atom. The highest BCUT2D eigenvalue weighted by molar-refractivity contribution is 6.03. The van der Waals surface area contributed by atoms with E-state index in [9.17, 15) is 19.5 Å². The van der Waals surface area contributed by atoms with E-state index in [0.717, 1.165) is 5.56 Å². The van der Waals surface area contributed by atoms with Crippen molar-refractivity contribution < 1.29 is 34.2 Å². The fourth-order valence-corrected chi connectivity index (χ4v) is 3.86. The Hall–Kier alpha value is -2.85. The molecule has 0 aromatic heterocycles. The van der Waals surface area contributed by atoms with E-state index < -0.39 is 29.9 Å². The van der Waals surface area contributed by atoms with Crippen molar-refractivity contribution in [3.05, 3.63) is 17.7 Å². The minimum atomic E-state index is -1.74. The van der Waals surface area contributed by atoms with Gasteiger partial charge in [-0.2, -0.15) is 0 Å². The maximum atomic E-state index is 13.0. The standard InChI is InChI=1S/C20H27N3O7/c1-4-23-14-8-16-15(29-9-30-16)7-11(14)6-13(20(23)27)21-18(25)12(5-10(2)3)17(24)19(26)22-28/h7-8,10,12-13,17,24,28H,4-6,9H2,1-3H3,(H,21,25)(H,22,26)/t12-,13-,17-/m0/s1. The van der Waals surface area contributed by atoms with Crippen molar-refractivity contribution in [2.45, 2.75) is 45.8 Å². The van der Waals surface area contributed by atoms with Gasteiger partial charge in [0.15, 0.2) is 11.5 Å². The maximum absolute atomic E-state index is 13.0. The molecule has 0 bridgehead atoms. The Labute approximate surface area is 174 Å². The molecule has 0 saturated carbocycles. The Bertz CT molecular complexity index is 842. The van der Waals surface area contributed by atoms with E-state index in [0.29, 0.717) is 23.7 Å². The molecule has 0 aliphatic carbocycles. The number of anilines is 1. The summed E-state index contributed by atoms with van der Waals surface area (Å²) in [5, 5.41) is 21.7. The minimum Gasteiger partial charge on any atom is -0.454 e. The van der Waals surface area contributed by atoms with E-state index in [1.807, 2.05) is 20.8 Å². The average molecular weight is 421 g/mol. The summed E-state index contributed by atoms with van der Waals surface area (Å²) in [4.78, 5) is 39.1. The van der Waals surface area contributed by atoms with E-state index in [4.69, 9.17) is 14.7 Å². The van der Waals surface area contributed by atoms with Gasteiger partial charge in [0.05, 0.1) is 11.6 Å². The molecule has 164 valence electrons. The third-order valence-electron chi connectivity index (χ3n) is 5.31. The highest BCUT2D eigenvalue weighted by Crippen LogP contribution is 2.40. The van der Waals surface area contributed by atoms with Crippen molar-refractivity contribution >= 4 is 23.4 Å². The first-order valence-electron chi connectivity index (χ1n) is 9.93. The van der Waals surface area contributed by atoms with Crippen molar-refractivity contribution in [3.63, 3.8) is 0 Å². The van der Waals surface area contributed by atoms with Gasteiger partial charge in [-0.05, 0) is 30.9 Å². The number of hydrogen-bond donors (Lipinski definition) is 4. The fraction of sp³-hybridized carbons (Fsp3) is 0.550. The van der Waals surface area contributed by atoms with Crippen LogP contribution in [0.1, 0.15) is 32.8 Å². The molecule has 30 heavy (non-hydrogen) atoms. The molecule has 0 fully saturated rings. The zero-order chi connectivity index (χ0) is 22.0. The Kier molecular flexibility index (Phi) is 6.47. The SMILES string of the molecule is CCN1C(=O)[C@@H](NC(=O)[C@@H](CC(C)C)[C@H](O)C(=O)NO)Cc2cc3c(cc21)OCO3. The number of carbonyl (C=O) groups is 3. The molecular formula is C20H27N3O7. The molecule has 1 aromatic rings. The van der Waals surface area contributed by atoms with Crippen LogP contribution in [0.5, 0.6) is 11.5 Å². The number of aliphatic hydroxyl groups excluding tert-OH is 1. The molecule has 3 amide bonds. The molecule has 0 spiro atoms. The topological polar surface area (TPSA) is 137 Å². The van der Waals surface area contributed by atoms with Gasteiger partial charge in [0.25, 0.3) is 5.91 Å². The van der Waals surface area contributed by atoms with Gasteiger partial charge in [0.1, 0.15) is 12.1 Å². The number of carbonyl (C=O) groups excluding carboxylic acids is 3. The molecule has 4 N–H and O–H groups in total. The molecule has 0 unspecified atom stereocenters. The minimum absolute atomic E-state index is 0.00319. The number of rotatable bonds is 7. The zero-order valence-corrected chi connectivity index (χ0v) is 17.2. The van der Waals surface area contributed by atoms with Crippen LogP contribution in [0.2, 0.25) is 0 Å². The number of aliphatic hydroxyl groups is 1. The molecule has 3 rings (SSSR count). The molecule has 1 aromatic carbocycles. The zero-order valence-electron chi connectivity index (χ0n) is 17.2. The van der Waals surface area contributed by atoms with Crippen molar-refractivity contribution in [2.75, 3.05) is 18.2 Å². The van der Waals surface area contributed by atoms with Crippen LogP contribution < -0.4 is 25.2 Å². The van der Waals surface area contributed by atoms with E-state index in [-0.39, 0.29) is 31.5 Å². The van der Waals surface area contributed by atoms with Gasteiger partial charge in [-0.3, -0.25) is 19.6 Å². The largest absolute Gasteiger partial charge is 0.454 e. The number of hydrogen-bond acceptors (Lipinski definition) is 7. The number of nitrogens with zero attached hydrogens (tertiary/aromatic N) is 1. The fourth-order valence-electron chi connectivity index (χ4n) is 3.86. The lowest BCUT2D eigenvalue weighted by atomic mass is 9.89. The molecule has 10 heteroatoms. The second kappa shape index (κ2) is 8.88. The lowest BCUT2D eigenvalue weighted by Crippen LogP contribution is -2.55. The molecule has 0 radical (unpaired) electrons. The quantitative estimate of drug-likeness (QED) is 0.368. The Morgan fingerprint density at radius 2 is 1.90 bits per heavy atom. The number of fused-ring (bicyclic) bond motifs is 2. The summed E-state index contributed by atoms with van der Waals surface area (Å²) >= 11 is 0. The van der Waals surface area contributed by atoms with Gasteiger partial charge in [-0.25, -0.2) is 5.48 Å². The van der Waals surface area contributed by atoms with Gasteiger partial charge in [-0.15, -0.1) is 0 Å². The number of likely N-dealkylation sites (N-methyl/N-ethyl adjacent to an activating group) is 1. The van der Waals surface area contributed by atoms with Crippen LogP contribution in [0.15, 0.2) is 12.1 Å². The van der Waals surface area contributed by atoms with E-state index in [1.54, 1.807) is 17.0 Å². The normalized spacial score (nSPS) is 19.3. The van der Waals surface area contributed by atoms with Crippen LogP contribution in [0, 0.1) is 11.8 Å². The Balaban J connectivity index is 1.83. The summed E-state index contributed by atoms with van der Waals surface area (Å²) in [6.45, 7) is 6.01. The van der Waals surface area contributed by atoms with Gasteiger partial charge in [0.2, 0.25) is 18.6 Å². The van der Waals surface area contributed by atoms with Crippen LogP contribution in [0.3, 0.4) is 0 Å². The summed E-state index contributed by atoms with van der Waals surface area (Å²) in [6, 6.07) is 2.70. The van der Waals surface area contributed by atoms with Crippen LogP contribution >= 0.6 is 0 Å². The first-order valence-corrected chi connectivity index (χ1v) is 9.93. The maximum Gasteiger partial charge on any atom is 0.272 e. The second-order valence-electron chi connectivity index (χ2n) is 7.84. The first-order chi connectivity index (χ1) is 14.3. The number of ether oxygens (including phenoxy) is 2. The molecule has 2 heterocycles. The highest BCUT2D eigenvalue weighted by atomic mass is 16.7. The summed E-state index contributed by atoms with van der Waals surface area (Å²) < 4.78 is 10.8. The third-order valence-corrected chi connectivity index (χ3v) is 5.31. The van der Waals surface area contributed by atoms with E-state index in [2.05, 4.69) is 5.32 Å². The molecule has 3 atom stereocenters. The van der Waals surface area contributed by atoms with Crippen molar-refractivity contribution in [1.29, 1.82) is 0 Å². The number of amides is 3. The smallest absolute Gasteiger partial charge is 0.272 e. The van der Waals surface area contributed by atoms with Crippen LogP contribution in [0.25, 0.3) is 0 Å². The highest BCUT2D eigenvalue weighted by Gasteiger charge is 2.38. The summed E-state index contributed by atoms with van der Waals surface area (Å²) in [5.74, 6) is -1.96. The molecule has 10 nitrogen and oxygen atoms in total. The number of nitrogens with one attached hydrogen (secondary N) is 2. The molecular weight excluding hydrogens is 394 g/mol. The summed E-state index contributed by atoms with van der Waals surface area (Å²) in [5.41, 5.74) is 2.89. The summed E-state index contributed by atoms with van der Waals surface area (Å²) in [6.07, 6.45) is -1.29. The first kappa shape index (κ1) is 21.8. The molecule has 2 aliphatic rings. The average Bonchev–Trinajstić information content (AvgIpc) is 3.17. The summed E-state index contributed by atoms with van der Waals surface area (Å²) in [7, 11) is 0. The van der Waals surface area contributed by atoms with Gasteiger partial charge in [-0.1, -0.05) is 13.8 Å². The predicted octanol–water partition coefficient (Wildman–Crippen LogP) is 0.338. The molecule has 2 aliphatic heterocycles. The molecule has 0 saturated heterocycles. The van der Waals surface area contributed by atoms with Crippen LogP contribution in [-0.4, -0.2) is 53.5 Å². The van der Waals surface area contributed by atoms with Gasteiger partial charge in [0, 0.05) is 19.0 Å². The van der Waals surface area contributed by atoms with Crippen LogP contribution in [0.4, 0.5) is 5.69 Å². The Morgan fingerprint density at radius 3 is 2.50 bits per heavy atom. The van der Waals surface area contributed by atoms with Crippen molar-refractivity contribution in [3.8, 4) is 11.5 Å². The predicted molar refractivity (Wildman–Crippen MR) is 105 cm³/mol. The lowest BCUT2D eigenvalue weighted by molar-refractivity contribution is -0.147. The third kappa shape index (κ3) is 4.19. The second-order valence-corrected chi connectivity index (χ2v) is 7.84. The van der Waals surface area contributed by atoms with Gasteiger partial charge < -0.3 is 24.8 Å². The number of hydroxylamine groups is 1. The van der Waals surface area contributed by atoms with Crippen molar-refractivity contribution in [2.24, 2.45) is 11.8 Å². The van der Waals surface area contributed by atoms with Gasteiger partial charge >= 0.3 is 0 Å². The number of benzene rings is 1. The lowest BCUT2D eigenvalue weighted by Gasteiger charge is -2.35. The monoisotopic (exact) mass is 421 g/mol. The van der Waals surface area contributed by atoms with E-state index >= 15 is 0 Å². The van der Waals surface area contributed by atoms with Crippen molar-refractivity contribution in [1.82, 2.24) is 10.8 Å². The van der Waals surface area contributed by atoms with Crippen LogP contribution in [-0.2, 0) is 20.8 Å².